The highest BCUT2D eigenvalue weighted by atomic mass is 35.5. The molecule has 1 N–H and O–H groups in total. The van der Waals surface area contributed by atoms with Crippen molar-refractivity contribution in [2.45, 2.75) is 12.8 Å². The molecular weight excluding hydrogens is 265 g/mol. The Labute approximate surface area is 116 Å². The van der Waals surface area contributed by atoms with Crippen molar-refractivity contribution in [1.29, 1.82) is 0 Å². The average molecular weight is 278 g/mol. The molecule has 2 rings (SSSR count). The van der Waals surface area contributed by atoms with Gasteiger partial charge in [-0.3, -0.25) is 4.79 Å². The molecule has 2 nitrogen and oxygen atoms in total. The SMILES string of the molecule is Cc1cccc(C(=O)Nc2ccc(CCl)cc2)c1F. The number of hydrogen-bond acceptors (Lipinski definition) is 1. The van der Waals surface area contributed by atoms with Gasteiger partial charge in [0.2, 0.25) is 0 Å². The van der Waals surface area contributed by atoms with Crippen LogP contribution < -0.4 is 5.32 Å². The van der Waals surface area contributed by atoms with Crippen LogP contribution in [-0.4, -0.2) is 5.91 Å². The second kappa shape index (κ2) is 5.85. The normalized spacial score (nSPS) is 10.3. The van der Waals surface area contributed by atoms with Gasteiger partial charge in [0.05, 0.1) is 5.56 Å². The lowest BCUT2D eigenvalue weighted by atomic mass is 10.1. The molecule has 0 bridgehead atoms. The number of benzene rings is 2. The standard InChI is InChI=1S/C15H13ClFNO/c1-10-3-2-4-13(14(10)17)15(19)18-12-7-5-11(9-16)6-8-12/h2-8H,9H2,1H3,(H,18,19). The Kier molecular flexibility index (Phi) is 4.17. The molecule has 0 fully saturated rings. The number of aryl methyl sites for hydroxylation is 1. The first kappa shape index (κ1) is 13.6. The van der Waals surface area contributed by atoms with Crippen LogP contribution in [0.5, 0.6) is 0 Å². The number of carbonyl (C=O) groups is 1. The molecule has 0 aliphatic heterocycles. The van der Waals surface area contributed by atoms with E-state index < -0.39 is 11.7 Å². The highest BCUT2D eigenvalue weighted by Crippen LogP contribution is 2.16. The van der Waals surface area contributed by atoms with Crippen molar-refractivity contribution in [3.8, 4) is 0 Å². The minimum absolute atomic E-state index is 0.0430. The number of anilines is 1. The van der Waals surface area contributed by atoms with Crippen LogP contribution in [0.25, 0.3) is 0 Å². The number of amides is 1. The third kappa shape index (κ3) is 3.12. The van der Waals surface area contributed by atoms with Gasteiger partial charge >= 0.3 is 0 Å². The van der Waals surface area contributed by atoms with Gasteiger partial charge in [0.15, 0.2) is 0 Å². The van der Waals surface area contributed by atoms with Gasteiger partial charge in [-0.15, -0.1) is 11.6 Å². The van der Waals surface area contributed by atoms with Gasteiger partial charge in [-0.2, -0.15) is 0 Å². The predicted octanol–water partition coefficient (Wildman–Crippen LogP) is 4.13. The van der Waals surface area contributed by atoms with Gasteiger partial charge in [-0.1, -0.05) is 24.3 Å². The van der Waals surface area contributed by atoms with Crippen molar-refractivity contribution in [3.05, 3.63) is 65.0 Å². The summed E-state index contributed by atoms with van der Waals surface area (Å²) in [5.41, 5.74) is 2.06. The van der Waals surface area contributed by atoms with E-state index >= 15 is 0 Å². The van der Waals surface area contributed by atoms with Gasteiger partial charge in [0.25, 0.3) is 5.91 Å². The molecule has 19 heavy (non-hydrogen) atoms. The first-order valence-electron chi connectivity index (χ1n) is 5.83. The van der Waals surface area contributed by atoms with Crippen LogP contribution in [0.15, 0.2) is 42.5 Å². The first-order valence-corrected chi connectivity index (χ1v) is 6.36. The van der Waals surface area contributed by atoms with Gasteiger partial charge in [0, 0.05) is 11.6 Å². The van der Waals surface area contributed by atoms with E-state index in [0.29, 0.717) is 17.1 Å². The Morgan fingerprint density at radius 2 is 1.89 bits per heavy atom. The molecule has 0 saturated heterocycles. The molecule has 2 aromatic carbocycles. The zero-order chi connectivity index (χ0) is 13.8. The number of nitrogens with one attached hydrogen (secondary N) is 1. The van der Waals surface area contributed by atoms with E-state index in [9.17, 15) is 9.18 Å². The molecule has 0 aromatic heterocycles. The fraction of sp³-hybridized carbons (Fsp3) is 0.133. The van der Waals surface area contributed by atoms with Crippen LogP contribution in [0.4, 0.5) is 10.1 Å². The Bertz CT molecular complexity index is 596. The Hall–Kier alpha value is -1.87. The van der Waals surface area contributed by atoms with E-state index in [2.05, 4.69) is 5.32 Å². The molecule has 0 unspecified atom stereocenters. The molecule has 0 saturated carbocycles. The van der Waals surface area contributed by atoms with E-state index in [4.69, 9.17) is 11.6 Å². The first-order chi connectivity index (χ1) is 9.11. The lowest BCUT2D eigenvalue weighted by Crippen LogP contribution is -2.14. The molecular formula is C15H13ClFNO. The summed E-state index contributed by atoms with van der Waals surface area (Å²) < 4.78 is 13.8. The zero-order valence-corrected chi connectivity index (χ0v) is 11.2. The van der Waals surface area contributed by atoms with Crippen molar-refractivity contribution >= 4 is 23.2 Å². The summed E-state index contributed by atoms with van der Waals surface area (Å²) in [5.74, 6) is -0.530. The maximum Gasteiger partial charge on any atom is 0.258 e. The van der Waals surface area contributed by atoms with Crippen LogP contribution in [0.2, 0.25) is 0 Å². The van der Waals surface area contributed by atoms with E-state index in [0.717, 1.165) is 5.56 Å². The van der Waals surface area contributed by atoms with Gasteiger partial charge < -0.3 is 5.32 Å². The molecule has 4 heteroatoms. The average Bonchev–Trinajstić information content (AvgIpc) is 2.42. The Morgan fingerprint density at radius 3 is 2.53 bits per heavy atom. The molecule has 0 spiro atoms. The fourth-order valence-electron chi connectivity index (χ4n) is 1.70. The number of hydrogen-bond donors (Lipinski definition) is 1. The molecule has 2 aromatic rings. The molecule has 0 aliphatic carbocycles. The molecule has 0 radical (unpaired) electrons. The topological polar surface area (TPSA) is 29.1 Å². The minimum Gasteiger partial charge on any atom is -0.322 e. The Balaban J connectivity index is 2.18. The summed E-state index contributed by atoms with van der Waals surface area (Å²) in [4.78, 5) is 12.0. The minimum atomic E-state index is -0.489. The highest BCUT2D eigenvalue weighted by Gasteiger charge is 2.13. The van der Waals surface area contributed by atoms with Gasteiger partial charge in [-0.25, -0.2) is 4.39 Å². The van der Waals surface area contributed by atoms with Crippen molar-refractivity contribution in [3.63, 3.8) is 0 Å². The summed E-state index contributed by atoms with van der Waals surface area (Å²) in [6.07, 6.45) is 0. The lowest BCUT2D eigenvalue weighted by molar-refractivity contribution is 0.102. The van der Waals surface area contributed by atoms with Crippen molar-refractivity contribution < 1.29 is 9.18 Å². The molecule has 1 amide bonds. The number of carbonyl (C=O) groups excluding carboxylic acids is 1. The van der Waals surface area contributed by atoms with Crippen molar-refractivity contribution in [2.75, 3.05) is 5.32 Å². The lowest BCUT2D eigenvalue weighted by Gasteiger charge is -2.07. The quantitative estimate of drug-likeness (QED) is 0.840. The largest absolute Gasteiger partial charge is 0.322 e. The summed E-state index contributed by atoms with van der Waals surface area (Å²) >= 11 is 5.68. The van der Waals surface area contributed by atoms with Crippen LogP contribution >= 0.6 is 11.6 Å². The molecule has 0 atom stereocenters. The van der Waals surface area contributed by atoms with Gasteiger partial charge in [-0.05, 0) is 36.2 Å². The fourth-order valence-corrected chi connectivity index (χ4v) is 1.88. The monoisotopic (exact) mass is 277 g/mol. The zero-order valence-electron chi connectivity index (χ0n) is 10.4. The maximum atomic E-state index is 13.8. The van der Waals surface area contributed by atoms with Crippen LogP contribution in [0.1, 0.15) is 21.5 Å². The number of alkyl halides is 1. The number of halogens is 2. The molecule has 98 valence electrons. The third-order valence-corrected chi connectivity index (χ3v) is 3.11. The second-order valence-electron chi connectivity index (χ2n) is 4.22. The molecule has 0 aliphatic rings. The summed E-state index contributed by atoms with van der Waals surface area (Å²) in [5, 5.41) is 2.66. The molecule has 0 heterocycles. The smallest absolute Gasteiger partial charge is 0.258 e. The van der Waals surface area contributed by atoms with E-state index in [-0.39, 0.29) is 5.56 Å². The third-order valence-electron chi connectivity index (χ3n) is 2.80. The van der Waals surface area contributed by atoms with E-state index in [1.54, 1.807) is 31.2 Å². The Morgan fingerprint density at radius 1 is 1.21 bits per heavy atom. The van der Waals surface area contributed by atoms with Gasteiger partial charge in [0.1, 0.15) is 5.82 Å². The summed E-state index contributed by atoms with van der Waals surface area (Å²) in [6, 6.07) is 11.9. The van der Waals surface area contributed by atoms with Crippen LogP contribution in [-0.2, 0) is 5.88 Å². The number of rotatable bonds is 3. The van der Waals surface area contributed by atoms with E-state index in [1.807, 2.05) is 12.1 Å². The van der Waals surface area contributed by atoms with Crippen molar-refractivity contribution in [1.82, 2.24) is 0 Å². The van der Waals surface area contributed by atoms with E-state index in [1.165, 1.54) is 6.07 Å². The van der Waals surface area contributed by atoms with Crippen molar-refractivity contribution in [2.24, 2.45) is 0 Å². The predicted molar refractivity (Wildman–Crippen MR) is 75.1 cm³/mol. The second-order valence-corrected chi connectivity index (χ2v) is 4.49. The summed E-state index contributed by atoms with van der Waals surface area (Å²) in [7, 11) is 0. The van der Waals surface area contributed by atoms with Crippen LogP contribution in [0, 0.1) is 12.7 Å². The summed E-state index contributed by atoms with van der Waals surface area (Å²) in [6.45, 7) is 1.63. The van der Waals surface area contributed by atoms with Crippen LogP contribution in [0.3, 0.4) is 0 Å². The highest BCUT2D eigenvalue weighted by molar-refractivity contribution is 6.17. The maximum absolute atomic E-state index is 13.8.